The molecule has 0 aliphatic carbocycles. The highest BCUT2D eigenvalue weighted by molar-refractivity contribution is 7.13. The van der Waals surface area contributed by atoms with Gasteiger partial charge in [0, 0.05) is 31.3 Å². The van der Waals surface area contributed by atoms with Crippen molar-refractivity contribution in [2.24, 2.45) is 0 Å². The van der Waals surface area contributed by atoms with E-state index in [1.54, 1.807) is 17.6 Å². The molecule has 4 heterocycles. The molecule has 1 aliphatic rings. The first-order valence-corrected chi connectivity index (χ1v) is 7.90. The minimum absolute atomic E-state index is 0.846. The van der Waals surface area contributed by atoms with Crippen molar-refractivity contribution >= 4 is 11.3 Å². The van der Waals surface area contributed by atoms with Gasteiger partial charge in [-0.3, -0.25) is 4.90 Å². The lowest BCUT2D eigenvalue weighted by Crippen LogP contribution is -2.30. The van der Waals surface area contributed by atoms with E-state index in [1.165, 1.54) is 11.3 Å². The summed E-state index contributed by atoms with van der Waals surface area (Å²) in [5, 5.41) is 2.06. The summed E-state index contributed by atoms with van der Waals surface area (Å²) in [7, 11) is 0. The first-order chi connectivity index (χ1) is 10.4. The third-order valence-corrected chi connectivity index (χ3v) is 4.58. The van der Waals surface area contributed by atoms with Crippen molar-refractivity contribution in [1.29, 1.82) is 0 Å². The van der Waals surface area contributed by atoms with Crippen LogP contribution in [-0.4, -0.2) is 21.4 Å². The van der Waals surface area contributed by atoms with Crippen LogP contribution in [-0.2, 0) is 19.5 Å². The SMILES string of the molecule is c1coc(CN2CCc3nc(-c4cccs4)ncc3C2)c1. The van der Waals surface area contributed by atoms with Gasteiger partial charge in [-0.05, 0) is 23.6 Å². The number of hydrogen-bond donors (Lipinski definition) is 0. The molecule has 21 heavy (non-hydrogen) atoms. The average Bonchev–Trinajstić information content (AvgIpc) is 3.20. The highest BCUT2D eigenvalue weighted by Gasteiger charge is 2.19. The Bertz CT molecular complexity index is 722. The number of fused-ring (bicyclic) bond motifs is 1. The zero-order valence-electron chi connectivity index (χ0n) is 11.5. The standard InChI is InChI=1S/C16H15N3OS/c1-3-13(20-7-1)11-19-6-5-14-12(10-19)9-17-16(18-14)15-4-2-8-21-15/h1-4,7-9H,5-6,10-11H2. The first-order valence-electron chi connectivity index (χ1n) is 7.02. The van der Waals surface area contributed by atoms with Crippen LogP contribution in [0.25, 0.3) is 10.7 Å². The topological polar surface area (TPSA) is 42.2 Å². The number of nitrogens with zero attached hydrogens (tertiary/aromatic N) is 3. The Hall–Kier alpha value is -1.98. The van der Waals surface area contributed by atoms with Gasteiger partial charge in [0.1, 0.15) is 5.76 Å². The van der Waals surface area contributed by atoms with Crippen molar-refractivity contribution in [2.75, 3.05) is 6.54 Å². The Balaban J connectivity index is 1.54. The Labute approximate surface area is 127 Å². The third-order valence-electron chi connectivity index (χ3n) is 3.71. The summed E-state index contributed by atoms with van der Waals surface area (Å²) < 4.78 is 5.42. The fraction of sp³-hybridized carbons (Fsp3) is 0.250. The molecule has 0 bridgehead atoms. The fourth-order valence-electron chi connectivity index (χ4n) is 2.66. The molecule has 4 nitrogen and oxygen atoms in total. The molecule has 0 unspecified atom stereocenters. The van der Waals surface area contributed by atoms with Gasteiger partial charge in [0.15, 0.2) is 5.82 Å². The van der Waals surface area contributed by atoms with Crippen LogP contribution in [0.2, 0.25) is 0 Å². The van der Waals surface area contributed by atoms with Crippen molar-refractivity contribution in [3.63, 3.8) is 0 Å². The summed E-state index contributed by atoms with van der Waals surface area (Å²) in [6, 6.07) is 8.06. The van der Waals surface area contributed by atoms with Gasteiger partial charge in [0.2, 0.25) is 0 Å². The highest BCUT2D eigenvalue weighted by Crippen LogP contribution is 2.24. The monoisotopic (exact) mass is 297 g/mol. The van der Waals surface area contributed by atoms with Gasteiger partial charge in [-0.2, -0.15) is 0 Å². The molecule has 0 N–H and O–H groups in total. The van der Waals surface area contributed by atoms with Gasteiger partial charge in [-0.25, -0.2) is 9.97 Å². The Kier molecular flexibility index (Phi) is 3.29. The number of thiophene rings is 1. The molecule has 0 fully saturated rings. The van der Waals surface area contributed by atoms with Crippen molar-refractivity contribution in [2.45, 2.75) is 19.5 Å². The second kappa shape index (κ2) is 5.42. The van der Waals surface area contributed by atoms with Crippen molar-refractivity contribution in [1.82, 2.24) is 14.9 Å². The van der Waals surface area contributed by atoms with E-state index in [1.807, 2.05) is 24.4 Å². The smallest absolute Gasteiger partial charge is 0.169 e. The second-order valence-electron chi connectivity index (χ2n) is 5.18. The van der Waals surface area contributed by atoms with Crippen molar-refractivity contribution in [3.8, 4) is 10.7 Å². The van der Waals surface area contributed by atoms with Gasteiger partial charge in [0.05, 0.1) is 23.4 Å². The second-order valence-corrected chi connectivity index (χ2v) is 6.13. The van der Waals surface area contributed by atoms with Crippen LogP contribution >= 0.6 is 11.3 Å². The average molecular weight is 297 g/mol. The summed E-state index contributed by atoms with van der Waals surface area (Å²) in [6.07, 6.45) is 4.67. The van der Waals surface area contributed by atoms with Gasteiger partial charge in [0.25, 0.3) is 0 Å². The molecule has 0 spiro atoms. The zero-order chi connectivity index (χ0) is 14.1. The number of rotatable bonds is 3. The molecular formula is C16H15N3OS. The molecule has 3 aromatic rings. The number of hydrogen-bond acceptors (Lipinski definition) is 5. The molecule has 0 saturated heterocycles. The van der Waals surface area contributed by atoms with Crippen LogP contribution in [0, 0.1) is 0 Å². The van der Waals surface area contributed by atoms with Crippen LogP contribution in [0.1, 0.15) is 17.0 Å². The minimum Gasteiger partial charge on any atom is -0.468 e. The Morgan fingerprint density at radius 1 is 1.29 bits per heavy atom. The molecule has 106 valence electrons. The van der Waals surface area contributed by atoms with Crippen LogP contribution in [0.15, 0.2) is 46.5 Å². The Morgan fingerprint density at radius 3 is 3.10 bits per heavy atom. The first kappa shape index (κ1) is 12.7. The van der Waals surface area contributed by atoms with E-state index in [2.05, 4.69) is 21.3 Å². The molecular weight excluding hydrogens is 282 g/mol. The van der Waals surface area contributed by atoms with Gasteiger partial charge >= 0.3 is 0 Å². The lowest BCUT2D eigenvalue weighted by molar-refractivity contribution is 0.223. The third kappa shape index (κ3) is 2.62. The van der Waals surface area contributed by atoms with E-state index in [4.69, 9.17) is 9.40 Å². The van der Waals surface area contributed by atoms with Crippen molar-refractivity contribution in [3.05, 3.63) is 59.1 Å². The largest absolute Gasteiger partial charge is 0.468 e. The molecule has 3 aromatic heterocycles. The maximum Gasteiger partial charge on any atom is 0.169 e. The normalized spacial score (nSPS) is 15.0. The van der Waals surface area contributed by atoms with Gasteiger partial charge in [-0.1, -0.05) is 6.07 Å². The van der Waals surface area contributed by atoms with Crippen LogP contribution in [0.4, 0.5) is 0 Å². The van der Waals surface area contributed by atoms with E-state index in [9.17, 15) is 0 Å². The van der Waals surface area contributed by atoms with E-state index in [0.29, 0.717) is 0 Å². The van der Waals surface area contributed by atoms with Gasteiger partial charge < -0.3 is 4.42 Å². The van der Waals surface area contributed by atoms with E-state index < -0.39 is 0 Å². The minimum atomic E-state index is 0.846. The molecule has 0 aromatic carbocycles. The van der Waals surface area contributed by atoms with Crippen LogP contribution < -0.4 is 0 Å². The highest BCUT2D eigenvalue weighted by atomic mass is 32.1. The lowest BCUT2D eigenvalue weighted by Gasteiger charge is -2.27. The maximum absolute atomic E-state index is 5.42. The molecule has 4 rings (SSSR count). The molecule has 0 radical (unpaired) electrons. The quantitative estimate of drug-likeness (QED) is 0.743. The molecule has 0 amide bonds. The molecule has 1 aliphatic heterocycles. The lowest BCUT2D eigenvalue weighted by atomic mass is 10.1. The van der Waals surface area contributed by atoms with E-state index in [-0.39, 0.29) is 0 Å². The van der Waals surface area contributed by atoms with Crippen LogP contribution in [0.3, 0.4) is 0 Å². The Morgan fingerprint density at radius 2 is 2.29 bits per heavy atom. The fourth-order valence-corrected chi connectivity index (χ4v) is 3.32. The van der Waals surface area contributed by atoms with Crippen LogP contribution in [0.5, 0.6) is 0 Å². The summed E-state index contributed by atoms with van der Waals surface area (Å²) in [6.45, 7) is 2.74. The van der Waals surface area contributed by atoms with E-state index >= 15 is 0 Å². The zero-order valence-corrected chi connectivity index (χ0v) is 12.3. The molecule has 5 heteroatoms. The predicted molar refractivity (Wildman–Crippen MR) is 81.9 cm³/mol. The molecule has 0 saturated carbocycles. The number of aromatic nitrogens is 2. The summed E-state index contributed by atoms with van der Waals surface area (Å²) in [4.78, 5) is 12.8. The molecule has 0 atom stereocenters. The summed E-state index contributed by atoms with van der Waals surface area (Å²) >= 11 is 1.68. The predicted octanol–water partition coefficient (Wildman–Crippen LogP) is 3.36. The van der Waals surface area contributed by atoms with Gasteiger partial charge in [-0.15, -0.1) is 11.3 Å². The van der Waals surface area contributed by atoms with Crippen molar-refractivity contribution < 1.29 is 4.42 Å². The maximum atomic E-state index is 5.42. The summed E-state index contributed by atoms with van der Waals surface area (Å²) in [5.74, 6) is 1.86. The summed E-state index contributed by atoms with van der Waals surface area (Å²) in [5.41, 5.74) is 2.41. The van der Waals surface area contributed by atoms with E-state index in [0.717, 1.165) is 42.5 Å². The number of furan rings is 1.